The molecular formula is C17H14ClFN2O4S2. The molecule has 1 aromatic heterocycles. The Labute approximate surface area is 164 Å². The molecule has 0 unspecified atom stereocenters. The van der Waals surface area contributed by atoms with Crippen molar-refractivity contribution in [3.05, 3.63) is 52.1 Å². The molecule has 2 N–H and O–H groups in total. The fraction of sp³-hybridized carbons (Fsp3) is 0.118. The molecule has 2 aromatic carbocycles. The van der Waals surface area contributed by atoms with Gasteiger partial charge in [-0.15, -0.1) is 11.3 Å². The second-order valence-electron chi connectivity index (χ2n) is 5.63. The molecule has 27 heavy (non-hydrogen) atoms. The summed E-state index contributed by atoms with van der Waals surface area (Å²) in [5.41, 5.74) is 0.629. The molecule has 0 fully saturated rings. The Hall–Kier alpha value is -2.36. The number of ether oxygens (including phenoxy) is 1. The summed E-state index contributed by atoms with van der Waals surface area (Å²) in [5.74, 6) is -0.638. The molecule has 0 radical (unpaired) electrons. The number of carbonyl (C=O) groups is 1. The SMILES string of the molecule is COc1cc(NC(=O)c2sc3cc(F)ccc3c2Cl)ccc1NS(C)(=O)=O. The molecule has 1 heterocycles. The summed E-state index contributed by atoms with van der Waals surface area (Å²) >= 11 is 7.33. The van der Waals surface area contributed by atoms with E-state index in [0.717, 1.165) is 17.6 Å². The second kappa shape index (κ2) is 7.34. The number of thiophene rings is 1. The Morgan fingerprint density at radius 1 is 1.22 bits per heavy atom. The number of amides is 1. The predicted molar refractivity (Wildman–Crippen MR) is 106 cm³/mol. The van der Waals surface area contributed by atoms with Gasteiger partial charge in [0, 0.05) is 21.8 Å². The molecule has 0 saturated heterocycles. The summed E-state index contributed by atoms with van der Waals surface area (Å²) in [6.45, 7) is 0. The minimum absolute atomic E-state index is 0.239. The zero-order valence-electron chi connectivity index (χ0n) is 14.2. The number of hydrogen-bond donors (Lipinski definition) is 2. The van der Waals surface area contributed by atoms with Gasteiger partial charge in [-0.05, 0) is 30.3 Å². The standard InChI is InChI=1S/C17H14ClFN2O4S2/c1-25-13-8-10(4-6-12(13)21-27(2,23)24)20-17(22)16-15(18)11-5-3-9(19)7-14(11)26-16/h3-8,21H,1-2H3,(H,20,22). The lowest BCUT2D eigenvalue weighted by Crippen LogP contribution is -2.12. The molecule has 0 aliphatic heterocycles. The number of anilines is 2. The van der Waals surface area contributed by atoms with Crippen LogP contribution in [0.1, 0.15) is 9.67 Å². The number of halogens is 2. The van der Waals surface area contributed by atoms with Gasteiger partial charge in [-0.25, -0.2) is 12.8 Å². The highest BCUT2D eigenvalue weighted by Gasteiger charge is 2.18. The van der Waals surface area contributed by atoms with Gasteiger partial charge < -0.3 is 10.1 Å². The van der Waals surface area contributed by atoms with Crippen LogP contribution in [0.2, 0.25) is 5.02 Å². The minimum atomic E-state index is -3.48. The van der Waals surface area contributed by atoms with Crippen LogP contribution in [-0.2, 0) is 10.0 Å². The van der Waals surface area contributed by atoms with E-state index >= 15 is 0 Å². The van der Waals surface area contributed by atoms with Crippen LogP contribution in [0.15, 0.2) is 36.4 Å². The molecule has 6 nitrogen and oxygen atoms in total. The van der Waals surface area contributed by atoms with Crippen LogP contribution in [-0.4, -0.2) is 27.7 Å². The lowest BCUT2D eigenvalue weighted by atomic mass is 10.2. The fourth-order valence-electron chi connectivity index (χ4n) is 2.43. The number of hydrogen-bond acceptors (Lipinski definition) is 5. The highest BCUT2D eigenvalue weighted by atomic mass is 35.5. The molecule has 0 spiro atoms. The van der Waals surface area contributed by atoms with Crippen molar-refractivity contribution in [3.63, 3.8) is 0 Å². The van der Waals surface area contributed by atoms with Gasteiger partial charge in [0.15, 0.2) is 0 Å². The van der Waals surface area contributed by atoms with Crippen molar-refractivity contribution >= 4 is 60.3 Å². The Morgan fingerprint density at radius 2 is 1.96 bits per heavy atom. The van der Waals surface area contributed by atoms with E-state index in [1.54, 1.807) is 0 Å². The maximum absolute atomic E-state index is 13.4. The second-order valence-corrected chi connectivity index (χ2v) is 8.81. The van der Waals surface area contributed by atoms with Crippen LogP contribution in [0, 0.1) is 5.82 Å². The van der Waals surface area contributed by atoms with Gasteiger partial charge in [0.25, 0.3) is 5.91 Å². The predicted octanol–water partition coefficient (Wildman–Crippen LogP) is 4.33. The van der Waals surface area contributed by atoms with E-state index < -0.39 is 21.7 Å². The molecular weight excluding hydrogens is 415 g/mol. The van der Waals surface area contributed by atoms with Gasteiger partial charge in [0.05, 0.1) is 24.1 Å². The molecule has 1 amide bonds. The summed E-state index contributed by atoms with van der Waals surface area (Å²) in [7, 11) is -2.10. The van der Waals surface area contributed by atoms with E-state index in [4.69, 9.17) is 16.3 Å². The molecule has 3 aromatic rings. The minimum Gasteiger partial charge on any atom is -0.494 e. The lowest BCUT2D eigenvalue weighted by Gasteiger charge is -2.12. The molecule has 0 aliphatic rings. The van der Waals surface area contributed by atoms with Crippen molar-refractivity contribution in [1.29, 1.82) is 0 Å². The Balaban J connectivity index is 1.89. The highest BCUT2D eigenvalue weighted by Crippen LogP contribution is 2.36. The summed E-state index contributed by atoms with van der Waals surface area (Å²) in [6, 6.07) is 8.59. The largest absolute Gasteiger partial charge is 0.494 e. The number of rotatable bonds is 5. The van der Waals surface area contributed by atoms with Gasteiger partial charge >= 0.3 is 0 Å². The first-order valence-corrected chi connectivity index (χ1v) is 10.6. The molecule has 0 saturated carbocycles. The smallest absolute Gasteiger partial charge is 0.267 e. The normalized spacial score (nSPS) is 11.4. The van der Waals surface area contributed by atoms with Crippen molar-refractivity contribution in [3.8, 4) is 5.75 Å². The number of benzene rings is 2. The molecule has 0 bridgehead atoms. The highest BCUT2D eigenvalue weighted by molar-refractivity contribution is 7.92. The van der Waals surface area contributed by atoms with E-state index in [1.165, 1.54) is 43.5 Å². The monoisotopic (exact) mass is 428 g/mol. The maximum atomic E-state index is 13.4. The average Bonchev–Trinajstić information content (AvgIpc) is 2.91. The Kier molecular flexibility index (Phi) is 5.27. The van der Waals surface area contributed by atoms with E-state index in [-0.39, 0.29) is 21.3 Å². The molecule has 0 atom stereocenters. The Bertz CT molecular complexity index is 1150. The van der Waals surface area contributed by atoms with E-state index in [9.17, 15) is 17.6 Å². The van der Waals surface area contributed by atoms with Crippen molar-refractivity contribution in [2.24, 2.45) is 0 Å². The van der Waals surface area contributed by atoms with Crippen LogP contribution >= 0.6 is 22.9 Å². The zero-order valence-corrected chi connectivity index (χ0v) is 16.6. The van der Waals surface area contributed by atoms with Crippen LogP contribution < -0.4 is 14.8 Å². The van der Waals surface area contributed by atoms with Crippen LogP contribution in [0.25, 0.3) is 10.1 Å². The van der Waals surface area contributed by atoms with E-state index in [0.29, 0.717) is 15.8 Å². The van der Waals surface area contributed by atoms with Gasteiger partial charge in [0.2, 0.25) is 10.0 Å². The van der Waals surface area contributed by atoms with Gasteiger partial charge in [0.1, 0.15) is 16.4 Å². The summed E-state index contributed by atoms with van der Waals surface area (Å²) in [6.07, 6.45) is 1.02. The third kappa shape index (κ3) is 4.32. The molecule has 142 valence electrons. The van der Waals surface area contributed by atoms with Crippen LogP contribution in [0.5, 0.6) is 5.75 Å². The van der Waals surface area contributed by atoms with Gasteiger partial charge in [-0.3, -0.25) is 9.52 Å². The topological polar surface area (TPSA) is 84.5 Å². The maximum Gasteiger partial charge on any atom is 0.267 e. The first-order valence-electron chi connectivity index (χ1n) is 7.52. The number of carbonyl (C=O) groups excluding carboxylic acids is 1. The third-order valence-corrected chi connectivity index (χ3v) is 5.80. The quantitative estimate of drug-likeness (QED) is 0.633. The number of methoxy groups -OCH3 is 1. The molecule has 3 rings (SSSR count). The van der Waals surface area contributed by atoms with Gasteiger partial charge in [-0.1, -0.05) is 11.6 Å². The van der Waals surface area contributed by atoms with Crippen molar-refractivity contribution in [2.45, 2.75) is 0 Å². The van der Waals surface area contributed by atoms with Crippen molar-refractivity contribution in [2.75, 3.05) is 23.4 Å². The van der Waals surface area contributed by atoms with E-state index in [2.05, 4.69) is 10.0 Å². The molecule has 0 aliphatic carbocycles. The van der Waals surface area contributed by atoms with E-state index in [1.807, 2.05) is 0 Å². The summed E-state index contributed by atoms with van der Waals surface area (Å²) in [5, 5.41) is 3.52. The Morgan fingerprint density at radius 3 is 2.63 bits per heavy atom. The lowest BCUT2D eigenvalue weighted by molar-refractivity contribution is 0.103. The third-order valence-electron chi connectivity index (χ3n) is 3.55. The fourth-order valence-corrected chi connectivity index (χ4v) is 4.43. The average molecular weight is 429 g/mol. The summed E-state index contributed by atoms with van der Waals surface area (Å²) < 4.78 is 44.2. The van der Waals surface area contributed by atoms with Crippen LogP contribution in [0.3, 0.4) is 0 Å². The number of fused-ring (bicyclic) bond motifs is 1. The zero-order chi connectivity index (χ0) is 19.8. The van der Waals surface area contributed by atoms with Crippen LogP contribution in [0.4, 0.5) is 15.8 Å². The van der Waals surface area contributed by atoms with Crippen molar-refractivity contribution < 1.29 is 22.3 Å². The summed E-state index contributed by atoms with van der Waals surface area (Å²) in [4.78, 5) is 12.8. The van der Waals surface area contributed by atoms with Crippen molar-refractivity contribution in [1.82, 2.24) is 0 Å². The number of sulfonamides is 1. The first-order chi connectivity index (χ1) is 12.7. The first kappa shape index (κ1) is 19.4. The molecule has 10 heteroatoms. The number of nitrogens with one attached hydrogen (secondary N) is 2. The van der Waals surface area contributed by atoms with Gasteiger partial charge in [-0.2, -0.15) is 0 Å².